The third-order valence-electron chi connectivity index (χ3n) is 0. The Kier molecular flexibility index (Phi) is 13.7. The molecule has 30 valence electrons. The molecule has 0 nitrogen and oxygen atoms in total. The summed E-state index contributed by atoms with van der Waals surface area (Å²) >= 11 is -2.18. The fraction of sp³-hybridized carbons (Fsp3) is 0. The molecule has 0 aromatic heterocycles. The summed E-state index contributed by atoms with van der Waals surface area (Å²) in [6.07, 6.45) is 0. The van der Waals surface area contributed by atoms with E-state index in [1.807, 2.05) is 0 Å². The Labute approximate surface area is 65.6 Å². The van der Waals surface area contributed by atoms with Crippen LogP contribution in [0, 0.1) is 0 Å². The molecule has 0 saturated heterocycles. The quantitative estimate of drug-likeness (QED) is 0.571. The van der Waals surface area contributed by atoms with Crippen LogP contribution in [-0.2, 0) is 0 Å². The third kappa shape index (κ3) is 21.0. The van der Waals surface area contributed by atoms with E-state index in [0.717, 1.165) is 0 Å². The van der Waals surface area contributed by atoms with E-state index in [1.54, 1.807) is 0 Å². The van der Waals surface area contributed by atoms with E-state index in [2.05, 4.69) is 0 Å². The normalized spacial score (nSPS) is 7.20. The van der Waals surface area contributed by atoms with E-state index in [0.29, 0.717) is 0 Å². The SMILES string of the molecule is [Cl][Bi]([Cl])[Cl].[MgH2]. The number of rotatable bonds is 0. The summed E-state index contributed by atoms with van der Waals surface area (Å²) in [5.41, 5.74) is 0. The Morgan fingerprint density at radius 2 is 1.00 bits per heavy atom. The number of hydrogen-bond acceptors (Lipinski definition) is 0. The van der Waals surface area contributed by atoms with Crippen molar-refractivity contribution >= 4 is 66.8 Å². The van der Waals surface area contributed by atoms with Crippen LogP contribution in [-0.4, -0.2) is 41.2 Å². The van der Waals surface area contributed by atoms with E-state index < -0.39 is 18.2 Å². The van der Waals surface area contributed by atoms with Crippen LogP contribution in [0.3, 0.4) is 0 Å². The van der Waals surface area contributed by atoms with Gasteiger partial charge < -0.3 is 0 Å². The molecule has 0 rings (SSSR count). The summed E-state index contributed by atoms with van der Waals surface area (Å²) in [4.78, 5) is 0. The molecule has 0 aromatic carbocycles. The molecule has 0 heterocycles. The minimum atomic E-state index is -2.18. The molecule has 0 unspecified atom stereocenters. The van der Waals surface area contributed by atoms with Crippen molar-refractivity contribution in [1.82, 2.24) is 0 Å². The van der Waals surface area contributed by atoms with Gasteiger partial charge in [-0.3, -0.25) is 0 Å². The first kappa shape index (κ1) is 10.5. The van der Waals surface area contributed by atoms with E-state index in [4.69, 9.17) is 25.5 Å². The van der Waals surface area contributed by atoms with Crippen LogP contribution in [0.4, 0.5) is 0 Å². The second-order valence-electron chi connectivity index (χ2n) is 0.192. The molecule has 0 aromatic rings. The zero-order valence-electron chi connectivity index (χ0n) is 1.58. The smallest absolute Gasteiger partial charge is 0.316 e. The molecule has 0 saturated carbocycles. The predicted molar refractivity (Wildman–Crippen MR) is 31.9 cm³/mol. The minimum absolute atomic E-state index is 0. The van der Waals surface area contributed by atoms with Gasteiger partial charge in [-0.1, -0.05) is 0 Å². The van der Waals surface area contributed by atoms with Gasteiger partial charge in [0.05, 0.1) is 0 Å². The van der Waals surface area contributed by atoms with Gasteiger partial charge in [-0.15, -0.1) is 0 Å². The van der Waals surface area contributed by atoms with Crippen LogP contribution in [0.5, 0.6) is 0 Å². The molecule has 0 N–H and O–H groups in total. The van der Waals surface area contributed by atoms with Crippen molar-refractivity contribution in [2.24, 2.45) is 0 Å². The molecule has 0 fully saturated rings. The maximum absolute atomic E-state index is 5.01. The molecule has 5 heavy (non-hydrogen) atoms. The van der Waals surface area contributed by atoms with Crippen molar-refractivity contribution in [1.29, 1.82) is 0 Å². The minimum Gasteiger partial charge on any atom is 0.316 e. The van der Waals surface area contributed by atoms with E-state index in [-0.39, 0.29) is 23.1 Å². The summed E-state index contributed by atoms with van der Waals surface area (Å²) in [6.45, 7) is 0. The van der Waals surface area contributed by atoms with Crippen molar-refractivity contribution < 1.29 is 0 Å². The number of halogens is 3. The third-order valence-corrected chi connectivity index (χ3v) is 0. The van der Waals surface area contributed by atoms with Gasteiger partial charge >= 0.3 is 66.8 Å². The van der Waals surface area contributed by atoms with Crippen LogP contribution in [0.1, 0.15) is 0 Å². The summed E-state index contributed by atoms with van der Waals surface area (Å²) in [5.74, 6) is 0. The average molecular weight is 342 g/mol. The Morgan fingerprint density at radius 1 is 1.00 bits per heavy atom. The zero-order chi connectivity index (χ0) is 3.58. The van der Waals surface area contributed by atoms with Crippen LogP contribution >= 0.6 is 25.5 Å². The van der Waals surface area contributed by atoms with E-state index >= 15 is 0 Å². The van der Waals surface area contributed by atoms with Crippen LogP contribution in [0.25, 0.3) is 0 Å². The van der Waals surface area contributed by atoms with Crippen molar-refractivity contribution in [3.8, 4) is 0 Å². The average Bonchev–Trinajstić information content (AvgIpc) is 0.811. The van der Waals surface area contributed by atoms with Gasteiger partial charge in [0.1, 0.15) is 0 Å². The molecule has 0 bridgehead atoms. The first-order chi connectivity index (χ1) is 1.73. The molecule has 0 amide bonds. The fourth-order valence-corrected chi connectivity index (χ4v) is 0. The Morgan fingerprint density at radius 3 is 1.00 bits per heavy atom. The Balaban J connectivity index is 0. The van der Waals surface area contributed by atoms with Gasteiger partial charge in [0.15, 0.2) is 0 Å². The Hall–Kier alpha value is 2.52. The standard InChI is InChI=1S/Bi.3ClH.Mg.2H/h;3*1H;;;/q+3;;;;;;/p-3. The first-order valence-corrected chi connectivity index (χ1v) is 13.3. The van der Waals surface area contributed by atoms with E-state index in [9.17, 15) is 0 Å². The van der Waals surface area contributed by atoms with Gasteiger partial charge in [0.2, 0.25) is 0 Å². The molecule has 0 aliphatic rings. The maximum atomic E-state index is 5.01. The summed E-state index contributed by atoms with van der Waals surface area (Å²) < 4.78 is 0. The van der Waals surface area contributed by atoms with Crippen molar-refractivity contribution in [2.75, 3.05) is 0 Å². The fourth-order valence-electron chi connectivity index (χ4n) is 0. The Bertz CT molecular complexity index is 11.6. The van der Waals surface area contributed by atoms with Gasteiger partial charge in [-0.25, -0.2) is 0 Å². The topological polar surface area (TPSA) is 0 Å². The van der Waals surface area contributed by atoms with Crippen molar-refractivity contribution in [3.05, 3.63) is 0 Å². The van der Waals surface area contributed by atoms with Crippen molar-refractivity contribution in [3.63, 3.8) is 0 Å². The molecular formula is H2BiCl3Mg. The summed E-state index contributed by atoms with van der Waals surface area (Å²) in [5, 5.41) is 0. The molecule has 0 aliphatic carbocycles. The molecule has 0 radical (unpaired) electrons. The molecule has 5 heteroatoms. The van der Waals surface area contributed by atoms with E-state index in [1.165, 1.54) is 0 Å². The molecule has 0 atom stereocenters. The van der Waals surface area contributed by atoms with Gasteiger partial charge in [0.25, 0.3) is 0 Å². The van der Waals surface area contributed by atoms with Crippen LogP contribution in [0.15, 0.2) is 0 Å². The second-order valence-corrected chi connectivity index (χ2v) is 15.1. The maximum Gasteiger partial charge on any atom is 0.316 e. The molecule has 0 aliphatic heterocycles. The van der Waals surface area contributed by atoms with Gasteiger partial charge in [-0.2, -0.15) is 0 Å². The summed E-state index contributed by atoms with van der Waals surface area (Å²) in [7, 11) is 15.0. The van der Waals surface area contributed by atoms with Gasteiger partial charge in [0, 0.05) is 0 Å². The molecular weight excluding hydrogens is 340 g/mol. The summed E-state index contributed by atoms with van der Waals surface area (Å²) in [6, 6.07) is 0. The number of hydrogen-bond donors (Lipinski definition) is 0. The second kappa shape index (κ2) is 6.52. The van der Waals surface area contributed by atoms with Crippen LogP contribution in [0.2, 0.25) is 0 Å². The zero-order valence-corrected chi connectivity index (χ0v) is 7.33. The predicted octanol–water partition coefficient (Wildman–Crippen LogP) is 0.771. The van der Waals surface area contributed by atoms with Gasteiger partial charge in [-0.05, 0) is 0 Å². The first-order valence-electron chi connectivity index (χ1n) is 0.507. The molecule has 0 spiro atoms. The largest absolute Gasteiger partial charge is 0.316 e. The van der Waals surface area contributed by atoms with Crippen molar-refractivity contribution in [2.45, 2.75) is 0 Å². The monoisotopic (exact) mass is 340 g/mol. The van der Waals surface area contributed by atoms with Crippen LogP contribution < -0.4 is 0 Å².